The van der Waals surface area contributed by atoms with Gasteiger partial charge in [-0.15, -0.1) is 0 Å². The van der Waals surface area contributed by atoms with Gasteiger partial charge in [-0.25, -0.2) is 0 Å². The number of carbonyl (C=O) groups excluding carboxylic acids is 1. The molecule has 1 atom stereocenters. The predicted molar refractivity (Wildman–Crippen MR) is 74.9 cm³/mol. The summed E-state index contributed by atoms with van der Waals surface area (Å²) in [6.45, 7) is 1.86. The van der Waals surface area contributed by atoms with Crippen LogP contribution >= 0.6 is 0 Å². The molecule has 0 aliphatic heterocycles. The predicted octanol–water partition coefficient (Wildman–Crippen LogP) is 2.51. The first kappa shape index (κ1) is 13.0. The highest BCUT2D eigenvalue weighted by Crippen LogP contribution is 2.28. The van der Waals surface area contributed by atoms with E-state index in [1.807, 2.05) is 31.2 Å². The maximum atomic E-state index is 11.4. The second kappa shape index (κ2) is 5.44. The van der Waals surface area contributed by atoms with Crippen LogP contribution < -0.4 is 16.2 Å². The Morgan fingerprint density at radius 2 is 1.74 bits per heavy atom. The Morgan fingerprint density at radius 3 is 2.42 bits per heavy atom. The molecule has 98 valence electrons. The summed E-state index contributed by atoms with van der Waals surface area (Å²) in [5, 5.41) is 0. The smallest absolute Gasteiger partial charge is 0.249 e. The molecule has 4 heteroatoms. The highest BCUT2D eigenvalue weighted by Gasteiger charge is 2.15. The van der Waals surface area contributed by atoms with E-state index in [1.165, 1.54) is 0 Å². The highest BCUT2D eigenvalue weighted by molar-refractivity contribution is 5.94. The van der Waals surface area contributed by atoms with Gasteiger partial charge in [0.25, 0.3) is 0 Å². The summed E-state index contributed by atoms with van der Waals surface area (Å²) in [6.07, 6.45) is -0.312. The number of amides is 1. The molecule has 0 heterocycles. The van der Waals surface area contributed by atoms with Crippen molar-refractivity contribution < 1.29 is 9.53 Å². The van der Waals surface area contributed by atoms with E-state index in [-0.39, 0.29) is 6.10 Å². The van der Waals surface area contributed by atoms with Crippen LogP contribution in [0.5, 0.6) is 5.75 Å². The molecule has 0 saturated heterocycles. The van der Waals surface area contributed by atoms with E-state index in [2.05, 4.69) is 0 Å². The van der Waals surface area contributed by atoms with Crippen molar-refractivity contribution >= 4 is 11.6 Å². The van der Waals surface area contributed by atoms with Crippen molar-refractivity contribution in [2.45, 2.75) is 13.0 Å². The quantitative estimate of drug-likeness (QED) is 0.825. The van der Waals surface area contributed by atoms with Crippen molar-refractivity contribution in [3.05, 3.63) is 59.7 Å². The lowest BCUT2D eigenvalue weighted by Gasteiger charge is -2.18. The van der Waals surface area contributed by atoms with Crippen LogP contribution in [0.2, 0.25) is 0 Å². The molecule has 0 radical (unpaired) electrons. The number of nitrogens with two attached hydrogens (primary N) is 2. The van der Waals surface area contributed by atoms with E-state index >= 15 is 0 Å². The minimum atomic E-state index is -0.466. The van der Waals surface area contributed by atoms with Gasteiger partial charge >= 0.3 is 0 Å². The van der Waals surface area contributed by atoms with E-state index in [1.54, 1.807) is 24.3 Å². The van der Waals surface area contributed by atoms with Crippen LogP contribution in [0.15, 0.2) is 48.5 Å². The lowest BCUT2D eigenvalue weighted by Crippen LogP contribution is -2.16. The van der Waals surface area contributed by atoms with Gasteiger partial charge in [-0.05, 0) is 25.1 Å². The maximum absolute atomic E-state index is 11.4. The Kier molecular flexibility index (Phi) is 3.71. The third-order valence-corrected chi connectivity index (χ3v) is 2.89. The lowest BCUT2D eigenvalue weighted by atomic mass is 10.0. The third-order valence-electron chi connectivity index (χ3n) is 2.89. The molecule has 0 bridgehead atoms. The number of ether oxygens (including phenoxy) is 1. The molecule has 2 aromatic carbocycles. The molecule has 1 unspecified atom stereocenters. The van der Waals surface area contributed by atoms with Crippen LogP contribution in [-0.2, 0) is 0 Å². The van der Waals surface area contributed by atoms with Crippen LogP contribution in [0.1, 0.15) is 28.9 Å². The minimum Gasteiger partial charge on any atom is -0.484 e. The molecule has 0 aliphatic carbocycles. The third kappa shape index (κ3) is 2.85. The number of hydrogen-bond acceptors (Lipinski definition) is 3. The molecule has 2 rings (SSSR count). The molecular formula is C15H16N2O2. The molecule has 0 spiro atoms. The Bertz CT molecular complexity index is 596. The Labute approximate surface area is 112 Å². The van der Waals surface area contributed by atoms with Gasteiger partial charge in [0.15, 0.2) is 0 Å². The summed E-state index contributed by atoms with van der Waals surface area (Å²) in [6, 6.07) is 14.4. The normalized spacial score (nSPS) is 11.8. The minimum absolute atomic E-state index is 0.312. The number of carbonyl (C=O) groups is 1. The van der Waals surface area contributed by atoms with E-state index in [4.69, 9.17) is 16.2 Å². The van der Waals surface area contributed by atoms with Crippen LogP contribution in [0.25, 0.3) is 0 Å². The number of nitrogen functional groups attached to an aromatic ring is 1. The molecule has 0 fully saturated rings. The first-order valence-electron chi connectivity index (χ1n) is 5.99. The fraction of sp³-hybridized carbons (Fsp3) is 0.133. The monoisotopic (exact) mass is 256 g/mol. The molecule has 1 amide bonds. The molecule has 4 N–H and O–H groups in total. The maximum Gasteiger partial charge on any atom is 0.249 e. The number of para-hydroxylation sites is 2. The van der Waals surface area contributed by atoms with Gasteiger partial charge in [-0.1, -0.05) is 30.3 Å². The molecule has 4 nitrogen and oxygen atoms in total. The summed E-state index contributed by atoms with van der Waals surface area (Å²) in [5.74, 6) is 0.126. The van der Waals surface area contributed by atoms with Gasteiger partial charge in [0.1, 0.15) is 11.9 Å². The average Bonchev–Trinajstić information content (AvgIpc) is 2.41. The van der Waals surface area contributed by atoms with Gasteiger partial charge in [-0.3, -0.25) is 4.79 Å². The molecule has 2 aromatic rings. The van der Waals surface area contributed by atoms with Crippen molar-refractivity contribution in [1.29, 1.82) is 0 Å². The molecule has 19 heavy (non-hydrogen) atoms. The van der Waals surface area contributed by atoms with Gasteiger partial charge in [0.05, 0.1) is 5.69 Å². The van der Waals surface area contributed by atoms with E-state index in [0.29, 0.717) is 17.0 Å². The van der Waals surface area contributed by atoms with Crippen molar-refractivity contribution in [3.8, 4) is 5.75 Å². The topological polar surface area (TPSA) is 78.3 Å². The van der Waals surface area contributed by atoms with Crippen molar-refractivity contribution in [2.75, 3.05) is 5.73 Å². The first-order valence-corrected chi connectivity index (χ1v) is 5.99. The Balaban J connectivity index is 2.28. The second-order valence-corrected chi connectivity index (χ2v) is 4.25. The van der Waals surface area contributed by atoms with Gasteiger partial charge in [0, 0.05) is 11.1 Å². The largest absolute Gasteiger partial charge is 0.484 e. The zero-order valence-corrected chi connectivity index (χ0v) is 10.7. The molecule has 0 aliphatic rings. The summed E-state index contributed by atoms with van der Waals surface area (Å²) in [4.78, 5) is 11.4. The van der Waals surface area contributed by atoms with Crippen LogP contribution in [0.3, 0.4) is 0 Å². The van der Waals surface area contributed by atoms with Gasteiger partial charge < -0.3 is 16.2 Å². The second-order valence-electron chi connectivity index (χ2n) is 4.25. The lowest BCUT2D eigenvalue weighted by molar-refractivity contribution is 0.0995. The van der Waals surface area contributed by atoms with Gasteiger partial charge in [-0.2, -0.15) is 0 Å². The van der Waals surface area contributed by atoms with E-state index in [9.17, 15) is 4.79 Å². The van der Waals surface area contributed by atoms with E-state index in [0.717, 1.165) is 5.56 Å². The first-order chi connectivity index (χ1) is 9.09. The number of primary amides is 1. The zero-order valence-electron chi connectivity index (χ0n) is 10.7. The molecule has 0 aromatic heterocycles. The number of anilines is 1. The fourth-order valence-corrected chi connectivity index (χ4v) is 1.92. The van der Waals surface area contributed by atoms with Crippen molar-refractivity contribution in [3.63, 3.8) is 0 Å². The number of hydrogen-bond donors (Lipinski definition) is 2. The fourth-order valence-electron chi connectivity index (χ4n) is 1.92. The van der Waals surface area contributed by atoms with E-state index < -0.39 is 5.91 Å². The summed E-state index contributed by atoms with van der Waals surface area (Å²) in [7, 11) is 0. The number of benzene rings is 2. The SMILES string of the molecule is CC(Oc1ccccc1N)c1ccccc1C(N)=O. The van der Waals surface area contributed by atoms with Crippen molar-refractivity contribution in [1.82, 2.24) is 0 Å². The Morgan fingerprint density at radius 1 is 1.11 bits per heavy atom. The standard InChI is InChI=1S/C15H16N2O2/c1-10(19-14-9-5-4-8-13(14)16)11-6-2-3-7-12(11)15(17)18/h2-10H,16H2,1H3,(H2,17,18). The Hall–Kier alpha value is -2.49. The zero-order chi connectivity index (χ0) is 13.8. The van der Waals surface area contributed by atoms with Crippen LogP contribution in [0, 0.1) is 0 Å². The summed E-state index contributed by atoms with van der Waals surface area (Å²) >= 11 is 0. The van der Waals surface area contributed by atoms with Crippen molar-refractivity contribution in [2.24, 2.45) is 5.73 Å². The number of rotatable bonds is 4. The van der Waals surface area contributed by atoms with Crippen LogP contribution in [0.4, 0.5) is 5.69 Å². The summed E-state index contributed by atoms with van der Waals surface area (Å²) in [5.41, 5.74) is 13.0. The average molecular weight is 256 g/mol. The molecular weight excluding hydrogens is 240 g/mol. The molecule has 0 saturated carbocycles. The highest BCUT2D eigenvalue weighted by atomic mass is 16.5. The van der Waals surface area contributed by atoms with Gasteiger partial charge in [0.2, 0.25) is 5.91 Å². The van der Waals surface area contributed by atoms with Crippen LogP contribution in [-0.4, -0.2) is 5.91 Å². The summed E-state index contributed by atoms with van der Waals surface area (Å²) < 4.78 is 5.79.